The number of rotatable bonds is 6. The number of aliphatic hydroxyl groups excluding tert-OH is 1. The van der Waals surface area contributed by atoms with E-state index < -0.39 is 4.92 Å². The van der Waals surface area contributed by atoms with E-state index in [1.165, 1.54) is 6.07 Å². The van der Waals surface area contributed by atoms with Crippen LogP contribution in [0.1, 0.15) is 5.56 Å². The standard InChI is InChI=1S/C15H15ClN2O3/c16-13-7-4-8-14(15(13)18(20)21)17(9-10-19)11-12-5-2-1-3-6-12/h1-8,19H,9-11H2. The molecule has 2 rings (SSSR count). The molecule has 2 aromatic rings. The van der Waals surface area contributed by atoms with Crippen LogP contribution in [0.3, 0.4) is 0 Å². The second-order valence-electron chi connectivity index (χ2n) is 4.50. The summed E-state index contributed by atoms with van der Waals surface area (Å²) in [6, 6.07) is 14.4. The lowest BCUT2D eigenvalue weighted by Gasteiger charge is -2.24. The lowest BCUT2D eigenvalue weighted by Crippen LogP contribution is -2.26. The second-order valence-corrected chi connectivity index (χ2v) is 4.90. The zero-order valence-corrected chi connectivity index (χ0v) is 12.0. The Hall–Kier alpha value is -2.11. The van der Waals surface area contributed by atoms with Gasteiger partial charge in [0.05, 0.1) is 11.5 Å². The fourth-order valence-electron chi connectivity index (χ4n) is 2.15. The van der Waals surface area contributed by atoms with Crippen LogP contribution in [0.4, 0.5) is 11.4 Å². The van der Waals surface area contributed by atoms with Crippen LogP contribution >= 0.6 is 11.6 Å². The fraction of sp³-hybridized carbons (Fsp3) is 0.200. The molecule has 0 aliphatic rings. The number of nitro groups is 1. The van der Waals surface area contributed by atoms with Gasteiger partial charge in [0.1, 0.15) is 10.7 Å². The van der Waals surface area contributed by atoms with E-state index in [9.17, 15) is 15.2 Å². The van der Waals surface area contributed by atoms with Crippen LogP contribution in [0, 0.1) is 10.1 Å². The zero-order chi connectivity index (χ0) is 15.2. The van der Waals surface area contributed by atoms with Crippen molar-refractivity contribution in [3.8, 4) is 0 Å². The lowest BCUT2D eigenvalue weighted by atomic mass is 10.2. The molecule has 0 bridgehead atoms. The van der Waals surface area contributed by atoms with Crippen LogP contribution in [-0.2, 0) is 6.54 Å². The van der Waals surface area contributed by atoms with E-state index in [2.05, 4.69) is 0 Å². The maximum atomic E-state index is 11.2. The average Bonchev–Trinajstić information content (AvgIpc) is 2.47. The average molecular weight is 307 g/mol. The molecule has 0 amide bonds. The molecule has 0 heterocycles. The summed E-state index contributed by atoms with van der Waals surface area (Å²) in [5, 5.41) is 20.6. The lowest BCUT2D eigenvalue weighted by molar-refractivity contribution is -0.384. The summed E-state index contributed by atoms with van der Waals surface area (Å²) in [5.74, 6) is 0. The van der Waals surface area contributed by atoms with Crippen LogP contribution in [0.15, 0.2) is 48.5 Å². The van der Waals surface area contributed by atoms with Crippen molar-refractivity contribution >= 4 is 23.0 Å². The molecule has 0 aliphatic heterocycles. The number of aliphatic hydroxyl groups is 1. The van der Waals surface area contributed by atoms with Crippen molar-refractivity contribution in [3.05, 3.63) is 69.2 Å². The molecule has 5 nitrogen and oxygen atoms in total. The molecule has 0 aromatic heterocycles. The van der Waals surface area contributed by atoms with E-state index in [0.717, 1.165) is 5.56 Å². The Labute approximate surface area is 127 Å². The molecule has 0 radical (unpaired) electrons. The number of hydrogen-bond donors (Lipinski definition) is 1. The Kier molecular flexibility index (Phi) is 5.14. The Bertz CT molecular complexity index is 620. The topological polar surface area (TPSA) is 66.6 Å². The van der Waals surface area contributed by atoms with Gasteiger partial charge in [-0.05, 0) is 17.7 Å². The largest absolute Gasteiger partial charge is 0.395 e. The number of hydrogen-bond acceptors (Lipinski definition) is 4. The van der Waals surface area contributed by atoms with Gasteiger partial charge in [0.25, 0.3) is 0 Å². The Balaban J connectivity index is 2.39. The number of halogens is 1. The minimum absolute atomic E-state index is 0.0912. The summed E-state index contributed by atoms with van der Waals surface area (Å²) >= 11 is 5.94. The monoisotopic (exact) mass is 306 g/mol. The maximum Gasteiger partial charge on any atom is 0.310 e. The number of nitro benzene ring substituents is 1. The second kappa shape index (κ2) is 7.06. The minimum Gasteiger partial charge on any atom is -0.395 e. The van der Waals surface area contributed by atoms with Crippen LogP contribution in [0.25, 0.3) is 0 Å². The molecule has 1 N–H and O–H groups in total. The minimum atomic E-state index is -0.493. The first-order chi connectivity index (χ1) is 10.1. The van der Waals surface area contributed by atoms with Crippen molar-refractivity contribution in [1.82, 2.24) is 0 Å². The molecular formula is C15H15ClN2O3. The van der Waals surface area contributed by atoms with Crippen molar-refractivity contribution in [2.75, 3.05) is 18.1 Å². The van der Waals surface area contributed by atoms with E-state index in [-0.39, 0.29) is 23.9 Å². The summed E-state index contributed by atoms with van der Waals surface area (Å²) in [6.45, 7) is 0.648. The quantitative estimate of drug-likeness (QED) is 0.657. The molecule has 0 saturated heterocycles. The van der Waals surface area contributed by atoms with E-state index in [1.54, 1.807) is 17.0 Å². The van der Waals surface area contributed by atoms with Crippen LogP contribution in [-0.4, -0.2) is 23.2 Å². The number of para-hydroxylation sites is 1. The SMILES string of the molecule is O=[N+]([O-])c1c(Cl)cccc1N(CCO)Cc1ccccc1. The molecule has 6 heteroatoms. The summed E-state index contributed by atoms with van der Waals surface area (Å²) < 4.78 is 0. The highest BCUT2D eigenvalue weighted by atomic mass is 35.5. The fourth-order valence-corrected chi connectivity index (χ4v) is 2.39. The van der Waals surface area contributed by atoms with E-state index in [0.29, 0.717) is 12.2 Å². The van der Waals surface area contributed by atoms with Gasteiger partial charge < -0.3 is 10.0 Å². The first-order valence-electron chi connectivity index (χ1n) is 6.46. The first-order valence-corrected chi connectivity index (χ1v) is 6.84. The highest BCUT2D eigenvalue weighted by Gasteiger charge is 2.22. The van der Waals surface area contributed by atoms with Crippen LogP contribution in [0.2, 0.25) is 5.02 Å². The molecular weight excluding hydrogens is 292 g/mol. The van der Waals surface area contributed by atoms with E-state index >= 15 is 0 Å². The Morgan fingerprint density at radius 3 is 2.48 bits per heavy atom. The van der Waals surface area contributed by atoms with Gasteiger partial charge in [-0.15, -0.1) is 0 Å². The third kappa shape index (κ3) is 3.71. The normalized spacial score (nSPS) is 10.4. The maximum absolute atomic E-state index is 11.2. The van der Waals surface area contributed by atoms with Gasteiger partial charge in [-0.2, -0.15) is 0 Å². The summed E-state index contributed by atoms with van der Waals surface area (Å²) in [6.07, 6.45) is 0. The molecule has 0 unspecified atom stereocenters. The van der Waals surface area contributed by atoms with Crippen molar-refractivity contribution in [1.29, 1.82) is 0 Å². The van der Waals surface area contributed by atoms with Crippen molar-refractivity contribution in [2.24, 2.45) is 0 Å². The van der Waals surface area contributed by atoms with Gasteiger partial charge in [-0.3, -0.25) is 10.1 Å². The zero-order valence-electron chi connectivity index (χ0n) is 11.3. The highest BCUT2D eigenvalue weighted by molar-refractivity contribution is 6.33. The summed E-state index contributed by atoms with van der Waals surface area (Å²) in [5.41, 5.74) is 1.27. The highest BCUT2D eigenvalue weighted by Crippen LogP contribution is 2.35. The number of anilines is 1. The smallest absolute Gasteiger partial charge is 0.310 e. The third-order valence-corrected chi connectivity index (χ3v) is 3.38. The molecule has 0 saturated carbocycles. The van der Waals surface area contributed by atoms with Gasteiger partial charge >= 0.3 is 5.69 Å². The van der Waals surface area contributed by atoms with Crippen molar-refractivity contribution in [3.63, 3.8) is 0 Å². The van der Waals surface area contributed by atoms with Crippen LogP contribution < -0.4 is 4.90 Å². The molecule has 110 valence electrons. The van der Waals surface area contributed by atoms with Gasteiger partial charge in [0.2, 0.25) is 0 Å². The third-order valence-electron chi connectivity index (χ3n) is 3.07. The number of nitrogens with zero attached hydrogens (tertiary/aromatic N) is 2. The predicted molar refractivity (Wildman–Crippen MR) is 82.7 cm³/mol. The molecule has 0 fully saturated rings. The van der Waals surface area contributed by atoms with E-state index in [1.807, 2.05) is 30.3 Å². The summed E-state index contributed by atoms with van der Waals surface area (Å²) in [7, 11) is 0. The van der Waals surface area contributed by atoms with Gasteiger partial charge in [-0.1, -0.05) is 48.0 Å². The van der Waals surface area contributed by atoms with E-state index in [4.69, 9.17) is 11.6 Å². The van der Waals surface area contributed by atoms with Gasteiger partial charge in [0, 0.05) is 13.1 Å². The first kappa shape index (κ1) is 15.3. The van der Waals surface area contributed by atoms with Crippen molar-refractivity contribution in [2.45, 2.75) is 6.54 Å². The molecule has 2 aromatic carbocycles. The van der Waals surface area contributed by atoms with Crippen molar-refractivity contribution < 1.29 is 10.0 Å². The molecule has 21 heavy (non-hydrogen) atoms. The number of benzene rings is 2. The van der Waals surface area contributed by atoms with Crippen LogP contribution in [0.5, 0.6) is 0 Å². The molecule has 0 aliphatic carbocycles. The Morgan fingerprint density at radius 1 is 1.14 bits per heavy atom. The molecule has 0 atom stereocenters. The van der Waals surface area contributed by atoms with Gasteiger partial charge in [0.15, 0.2) is 0 Å². The Morgan fingerprint density at radius 2 is 1.86 bits per heavy atom. The summed E-state index contributed by atoms with van der Waals surface area (Å²) in [4.78, 5) is 12.5. The predicted octanol–water partition coefficient (Wildman–Crippen LogP) is 3.25. The molecule has 0 spiro atoms. The van der Waals surface area contributed by atoms with Gasteiger partial charge in [-0.25, -0.2) is 0 Å².